The van der Waals surface area contributed by atoms with Crippen molar-refractivity contribution in [2.24, 2.45) is 5.92 Å². The Morgan fingerprint density at radius 1 is 1.42 bits per heavy atom. The maximum atomic E-state index is 11.5. The van der Waals surface area contributed by atoms with Gasteiger partial charge < -0.3 is 5.32 Å². The lowest BCUT2D eigenvalue weighted by Gasteiger charge is -2.36. The van der Waals surface area contributed by atoms with Crippen molar-refractivity contribution < 1.29 is 8.42 Å². The van der Waals surface area contributed by atoms with E-state index in [9.17, 15) is 8.42 Å². The van der Waals surface area contributed by atoms with Crippen LogP contribution in [0.25, 0.3) is 0 Å². The molecule has 0 spiro atoms. The van der Waals surface area contributed by atoms with Crippen LogP contribution in [-0.2, 0) is 16.6 Å². The summed E-state index contributed by atoms with van der Waals surface area (Å²) in [4.78, 5) is 3.99. The molecule has 1 saturated heterocycles. The minimum atomic E-state index is -3.05. The van der Waals surface area contributed by atoms with Crippen LogP contribution in [0, 0.1) is 5.92 Å². The second kappa shape index (κ2) is 5.98. The van der Waals surface area contributed by atoms with Gasteiger partial charge in [-0.2, -0.15) is 0 Å². The number of pyridine rings is 1. The van der Waals surface area contributed by atoms with Gasteiger partial charge >= 0.3 is 0 Å². The smallest absolute Gasteiger partial charge is 0.211 e. The first kappa shape index (κ1) is 14.4. The van der Waals surface area contributed by atoms with Crippen LogP contribution >= 0.6 is 0 Å². The molecule has 6 heteroatoms. The summed E-state index contributed by atoms with van der Waals surface area (Å²) in [6, 6.07) is 4.35. The fourth-order valence-corrected chi connectivity index (χ4v) is 3.40. The van der Waals surface area contributed by atoms with Crippen molar-refractivity contribution in [3.8, 4) is 0 Å². The summed E-state index contributed by atoms with van der Waals surface area (Å²) in [5.74, 6) is 0.324. The van der Waals surface area contributed by atoms with Crippen LogP contribution in [-0.4, -0.2) is 43.1 Å². The van der Waals surface area contributed by atoms with E-state index in [1.807, 2.05) is 12.1 Å². The summed E-state index contributed by atoms with van der Waals surface area (Å²) in [7, 11) is -3.05. The van der Waals surface area contributed by atoms with Crippen LogP contribution in [0.1, 0.15) is 18.9 Å². The van der Waals surface area contributed by atoms with Gasteiger partial charge in [0.2, 0.25) is 10.0 Å². The molecule has 0 radical (unpaired) electrons. The Morgan fingerprint density at radius 3 is 2.68 bits per heavy atom. The minimum absolute atomic E-state index is 0.324. The Kier molecular flexibility index (Phi) is 4.54. The van der Waals surface area contributed by atoms with E-state index < -0.39 is 10.0 Å². The Hall–Kier alpha value is -0.980. The van der Waals surface area contributed by atoms with Gasteiger partial charge in [-0.15, -0.1) is 0 Å². The molecule has 1 aromatic rings. The zero-order valence-corrected chi connectivity index (χ0v) is 12.2. The summed E-state index contributed by atoms with van der Waals surface area (Å²) >= 11 is 0. The van der Waals surface area contributed by atoms with Crippen molar-refractivity contribution in [1.82, 2.24) is 14.6 Å². The molecule has 5 nitrogen and oxygen atoms in total. The lowest BCUT2D eigenvalue weighted by atomic mass is 9.95. The van der Waals surface area contributed by atoms with Crippen molar-refractivity contribution in [3.05, 3.63) is 30.1 Å². The summed E-state index contributed by atoms with van der Waals surface area (Å²) < 4.78 is 24.6. The Morgan fingerprint density at radius 2 is 2.11 bits per heavy atom. The maximum Gasteiger partial charge on any atom is 0.211 e. The zero-order valence-electron chi connectivity index (χ0n) is 11.4. The molecular formula is C13H21N3O2S. The maximum absolute atomic E-state index is 11.5. The Labute approximate surface area is 115 Å². The van der Waals surface area contributed by atoms with E-state index in [4.69, 9.17) is 0 Å². The topological polar surface area (TPSA) is 62.3 Å². The van der Waals surface area contributed by atoms with Crippen LogP contribution < -0.4 is 5.32 Å². The van der Waals surface area contributed by atoms with Crippen molar-refractivity contribution in [2.45, 2.75) is 25.9 Å². The minimum Gasteiger partial charge on any atom is -0.310 e. The second-order valence-corrected chi connectivity index (χ2v) is 7.21. The number of nitrogens with zero attached hydrogens (tertiary/aromatic N) is 2. The summed E-state index contributed by atoms with van der Waals surface area (Å²) in [5, 5.41) is 3.51. The quantitative estimate of drug-likeness (QED) is 0.889. The third kappa shape index (κ3) is 3.99. The lowest BCUT2D eigenvalue weighted by molar-refractivity contribution is 0.220. The molecule has 2 atom stereocenters. The number of hydrogen-bond donors (Lipinski definition) is 1. The number of piperidine rings is 1. The number of rotatable bonds is 4. The molecule has 0 amide bonds. The predicted molar refractivity (Wildman–Crippen MR) is 75.1 cm³/mol. The van der Waals surface area contributed by atoms with E-state index in [0.717, 1.165) is 13.0 Å². The molecule has 0 bridgehead atoms. The first-order valence-corrected chi connectivity index (χ1v) is 8.39. The highest BCUT2D eigenvalue weighted by Crippen LogP contribution is 2.19. The average molecular weight is 283 g/mol. The third-order valence-electron chi connectivity index (χ3n) is 3.65. The highest BCUT2D eigenvalue weighted by molar-refractivity contribution is 7.88. The Balaban J connectivity index is 1.87. The van der Waals surface area contributed by atoms with Crippen LogP contribution in [0.2, 0.25) is 0 Å². The first-order chi connectivity index (χ1) is 8.97. The standard InChI is InChI=1S/C13H21N3O2S/c1-11-10-16(19(2,17)18)8-5-13(11)15-9-12-3-6-14-7-4-12/h3-4,6-7,11,13,15H,5,8-10H2,1-2H3/t11-,13+/m1/s1. The van der Waals surface area contributed by atoms with Crippen LogP contribution in [0.15, 0.2) is 24.5 Å². The molecule has 1 fully saturated rings. The highest BCUT2D eigenvalue weighted by Gasteiger charge is 2.29. The molecule has 0 saturated carbocycles. The molecule has 106 valence electrons. The van der Waals surface area contributed by atoms with E-state index in [2.05, 4.69) is 17.2 Å². The fraction of sp³-hybridized carbons (Fsp3) is 0.615. The van der Waals surface area contributed by atoms with E-state index in [1.54, 1.807) is 16.7 Å². The monoisotopic (exact) mass is 283 g/mol. The summed E-state index contributed by atoms with van der Waals surface area (Å²) in [5.41, 5.74) is 1.20. The average Bonchev–Trinajstić information content (AvgIpc) is 2.37. The summed E-state index contributed by atoms with van der Waals surface area (Å²) in [6.45, 7) is 4.11. The van der Waals surface area contributed by atoms with Gasteiger partial charge in [-0.3, -0.25) is 4.98 Å². The fourth-order valence-electron chi connectivity index (χ4n) is 2.46. The second-order valence-electron chi connectivity index (χ2n) is 5.23. The van der Waals surface area contributed by atoms with Gasteiger partial charge in [-0.1, -0.05) is 6.92 Å². The van der Waals surface area contributed by atoms with Crippen molar-refractivity contribution in [3.63, 3.8) is 0 Å². The van der Waals surface area contributed by atoms with E-state index in [1.165, 1.54) is 11.8 Å². The van der Waals surface area contributed by atoms with Gasteiger partial charge in [0.25, 0.3) is 0 Å². The predicted octanol–water partition coefficient (Wildman–Crippen LogP) is 0.841. The van der Waals surface area contributed by atoms with Crippen LogP contribution in [0.5, 0.6) is 0 Å². The molecule has 0 aliphatic carbocycles. The van der Waals surface area contributed by atoms with E-state index in [-0.39, 0.29) is 0 Å². The third-order valence-corrected chi connectivity index (χ3v) is 4.92. The van der Waals surface area contributed by atoms with Crippen molar-refractivity contribution in [1.29, 1.82) is 0 Å². The van der Waals surface area contributed by atoms with E-state index in [0.29, 0.717) is 25.0 Å². The van der Waals surface area contributed by atoms with Gasteiger partial charge in [0.05, 0.1) is 6.26 Å². The molecule has 1 aliphatic rings. The molecular weight excluding hydrogens is 262 g/mol. The van der Waals surface area contributed by atoms with E-state index >= 15 is 0 Å². The number of aromatic nitrogens is 1. The number of nitrogens with one attached hydrogen (secondary N) is 1. The molecule has 19 heavy (non-hydrogen) atoms. The zero-order chi connectivity index (χ0) is 13.9. The molecule has 1 aromatic heterocycles. The molecule has 2 rings (SSSR count). The van der Waals surface area contributed by atoms with Gasteiger partial charge in [0, 0.05) is 38.1 Å². The van der Waals surface area contributed by atoms with Gasteiger partial charge in [0.1, 0.15) is 0 Å². The SMILES string of the molecule is C[C@@H]1CN(S(C)(=O)=O)CC[C@@H]1NCc1ccncc1. The van der Waals surface area contributed by atoms with Crippen LogP contribution in [0.3, 0.4) is 0 Å². The lowest BCUT2D eigenvalue weighted by Crippen LogP contribution is -2.49. The Bertz CT molecular complexity index is 504. The number of hydrogen-bond acceptors (Lipinski definition) is 4. The van der Waals surface area contributed by atoms with Crippen LogP contribution in [0.4, 0.5) is 0 Å². The largest absolute Gasteiger partial charge is 0.310 e. The normalized spacial score (nSPS) is 25.4. The number of sulfonamides is 1. The molecule has 2 heterocycles. The molecule has 1 N–H and O–H groups in total. The van der Waals surface area contributed by atoms with Crippen molar-refractivity contribution in [2.75, 3.05) is 19.3 Å². The molecule has 0 unspecified atom stereocenters. The highest BCUT2D eigenvalue weighted by atomic mass is 32.2. The van der Waals surface area contributed by atoms with Gasteiger partial charge in [-0.25, -0.2) is 12.7 Å². The van der Waals surface area contributed by atoms with Gasteiger partial charge in [-0.05, 0) is 30.0 Å². The van der Waals surface area contributed by atoms with Gasteiger partial charge in [0.15, 0.2) is 0 Å². The molecule has 0 aromatic carbocycles. The molecule has 1 aliphatic heterocycles. The first-order valence-electron chi connectivity index (χ1n) is 6.54. The van der Waals surface area contributed by atoms with Crippen molar-refractivity contribution >= 4 is 10.0 Å². The summed E-state index contributed by atoms with van der Waals surface area (Å²) in [6.07, 6.45) is 5.71.